The number of cyclic esters (lactones) is 1. The van der Waals surface area contributed by atoms with Crippen molar-refractivity contribution >= 4 is 11.9 Å². The minimum absolute atomic E-state index is 0.0689. The van der Waals surface area contributed by atoms with Gasteiger partial charge >= 0.3 is 11.9 Å². The predicted octanol–water partition coefficient (Wildman–Crippen LogP) is 5.04. The zero-order valence-corrected chi connectivity index (χ0v) is 24.0. The summed E-state index contributed by atoms with van der Waals surface area (Å²) < 4.78 is 40.2. The highest BCUT2D eigenvalue weighted by molar-refractivity contribution is 5.92. The van der Waals surface area contributed by atoms with Crippen LogP contribution in [0.2, 0.25) is 0 Å². The maximum atomic E-state index is 13.8. The average Bonchev–Trinajstić information content (AvgIpc) is 3.63. The van der Waals surface area contributed by atoms with Gasteiger partial charge in [-0.25, -0.2) is 4.79 Å². The fourth-order valence-corrected chi connectivity index (χ4v) is 6.30. The monoisotopic (exact) mass is 582 g/mol. The molecule has 4 aliphatic rings. The third kappa shape index (κ3) is 4.67. The van der Waals surface area contributed by atoms with Crippen molar-refractivity contribution in [2.24, 2.45) is 17.8 Å². The lowest BCUT2D eigenvalue weighted by Gasteiger charge is -2.38. The highest BCUT2D eigenvalue weighted by Gasteiger charge is 2.54. The Hall–Kier alpha value is -4.84. The summed E-state index contributed by atoms with van der Waals surface area (Å²) in [6.45, 7) is 0.166. The molecule has 0 unspecified atom stereocenters. The van der Waals surface area contributed by atoms with Crippen LogP contribution in [0.3, 0.4) is 0 Å². The number of methoxy groups -OCH3 is 3. The molecule has 220 valence electrons. The molecule has 0 spiro atoms. The molecule has 1 saturated carbocycles. The van der Waals surface area contributed by atoms with Crippen LogP contribution in [0.4, 0.5) is 0 Å². The second kappa shape index (κ2) is 10.8. The second-order valence-corrected chi connectivity index (χ2v) is 11.0. The molecule has 43 heavy (non-hydrogen) atoms. The van der Waals surface area contributed by atoms with Gasteiger partial charge in [0.15, 0.2) is 23.0 Å². The maximum absolute atomic E-state index is 13.8. The Bertz CT molecular complexity index is 1650. The second-order valence-electron chi connectivity index (χ2n) is 11.0. The van der Waals surface area contributed by atoms with Crippen molar-refractivity contribution in [2.75, 3.05) is 34.7 Å². The molecular formula is C34H30O9. The van der Waals surface area contributed by atoms with Gasteiger partial charge in [0.25, 0.3) is 0 Å². The number of benzene rings is 3. The first-order chi connectivity index (χ1) is 21.0. The standard InChI is InChI=1S/C34H30O9/c1-37-27-12-20(13-28(38-2)32(27)39-3)29-22-14-25-26(42-17-41-25)15-23(22)31(24-16-40-34(36)30(24)29)43-33(35)21-7-5-4-6-19(21)11-10-18-8-9-18/h4-7,12-15,18,24,29-31H,8-9,16-17H2,1-3H3/t24-,29+,30-,31-/m0/s1. The Morgan fingerprint density at radius 3 is 2.26 bits per heavy atom. The van der Waals surface area contributed by atoms with Gasteiger partial charge in [-0.15, -0.1) is 0 Å². The molecule has 2 fully saturated rings. The molecule has 4 atom stereocenters. The van der Waals surface area contributed by atoms with E-state index in [1.54, 1.807) is 26.4 Å². The lowest BCUT2D eigenvalue weighted by atomic mass is 9.66. The van der Waals surface area contributed by atoms with Crippen LogP contribution in [0.15, 0.2) is 48.5 Å². The Morgan fingerprint density at radius 1 is 0.884 bits per heavy atom. The zero-order chi connectivity index (χ0) is 29.7. The largest absolute Gasteiger partial charge is 0.493 e. The van der Waals surface area contributed by atoms with Crippen LogP contribution in [0.5, 0.6) is 28.7 Å². The van der Waals surface area contributed by atoms with Gasteiger partial charge in [0.05, 0.1) is 39.4 Å². The Kier molecular flexibility index (Phi) is 6.77. The third-order valence-electron chi connectivity index (χ3n) is 8.53. The van der Waals surface area contributed by atoms with Crippen LogP contribution in [0.1, 0.15) is 57.5 Å². The van der Waals surface area contributed by atoms with Crippen LogP contribution in [-0.2, 0) is 14.3 Å². The molecule has 0 radical (unpaired) electrons. The van der Waals surface area contributed by atoms with Gasteiger partial charge in [-0.2, -0.15) is 0 Å². The summed E-state index contributed by atoms with van der Waals surface area (Å²) in [5.74, 6) is 6.74. The fraction of sp³-hybridized carbons (Fsp3) is 0.353. The van der Waals surface area contributed by atoms with Gasteiger partial charge in [-0.3, -0.25) is 4.79 Å². The van der Waals surface area contributed by atoms with Crippen molar-refractivity contribution < 1.29 is 42.7 Å². The number of carbonyl (C=O) groups is 2. The molecule has 3 aromatic carbocycles. The Balaban J connectivity index is 1.35. The Labute approximate surface area is 248 Å². The normalized spacial score (nSPS) is 22.8. The first kappa shape index (κ1) is 27.0. The summed E-state index contributed by atoms with van der Waals surface area (Å²) in [5, 5.41) is 0. The average molecular weight is 583 g/mol. The van der Waals surface area contributed by atoms with Crippen LogP contribution in [-0.4, -0.2) is 46.7 Å². The van der Waals surface area contributed by atoms with Crippen molar-refractivity contribution in [3.8, 4) is 40.6 Å². The van der Waals surface area contributed by atoms with Gasteiger partial charge in [-0.05, 0) is 60.4 Å². The topological polar surface area (TPSA) is 98.8 Å². The van der Waals surface area contributed by atoms with Crippen LogP contribution in [0, 0.1) is 29.6 Å². The van der Waals surface area contributed by atoms with E-state index >= 15 is 0 Å². The number of hydrogen-bond acceptors (Lipinski definition) is 9. The molecule has 0 amide bonds. The summed E-state index contributed by atoms with van der Waals surface area (Å²) in [6.07, 6.45) is 1.38. The van der Waals surface area contributed by atoms with Gasteiger partial charge in [0.1, 0.15) is 6.10 Å². The highest BCUT2D eigenvalue weighted by atomic mass is 16.7. The minimum Gasteiger partial charge on any atom is -0.493 e. The number of carbonyl (C=O) groups excluding carboxylic acids is 2. The summed E-state index contributed by atoms with van der Waals surface area (Å²) in [5.41, 5.74) is 3.24. The van der Waals surface area contributed by atoms with Gasteiger partial charge in [0.2, 0.25) is 12.5 Å². The quantitative estimate of drug-likeness (QED) is 0.293. The first-order valence-electron chi connectivity index (χ1n) is 14.2. The molecule has 1 saturated heterocycles. The molecule has 2 heterocycles. The van der Waals surface area contributed by atoms with E-state index in [9.17, 15) is 9.59 Å². The zero-order valence-electron chi connectivity index (χ0n) is 24.0. The van der Waals surface area contributed by atoms with E-state index in [0.717, 1.165) is 29.5 Å². The van der Waals surface area contributed by atoms with Gasteiger partial charge in [-0.1, -0.05) is 24.0 Å². The lowest BCUT2D eigenvalue weighted by Crippen LogP contribution is -2.36. The van der Waals surface area contributed by atoms with Gasteiger partial charge in [0, 0.05) is 28.9 Å². The lowest BCUT2D eigenvalue weighted by molar-refractivity contribution is -0.141. The number of fused-ring (bicyclic) bond motifs is 3. The molecular weight excluding hydrogens is 552 g/mol. The SMILES string of the molecule is COc1cc([C@@H]2c3cc4c(cc3[C@H](OC(=O)c3ccccc3C#CC3CC3)[C@H]3COC(=O)[C@H]23)OCO4)cc(OC)c1OC. The van der Waals surface area contributed by atoms with Crippen molar-refractivity contribution in [3.05, 3.63) is 76.3 Å². The maximum Gasteiger partial charge on any atom is 0.340 e. The number of hydrogen-bond donors (Lipinski definition) is 0. The van der Waals surface area contributed by atoms with Gasteiger partial charge < -0.3 is 33.2 Å². The molecule has 9 heteroatoms. The van der Waals surface area contributed by atoms with Crippen LogP contribution >= 0.6 is 0 Å². The number of esters is 2. The van der Waals surface area contributed by atoms with Crippen LogP contribution in [0.25, 0.3) is 0 Å². The molecule has 9 nitrogen and oxygen atoms in total. The smallest absolute Gasteiger partial charge is 0.340 e. The van der Waals surface area contributed by atoms with E-state index in [1.807, 2.05) is 36.4 Å². The van der Waals surface area contributed by atoms with E-state index in [0.29, 0.717) is 45.8 Å². The summed E-state index contributed by atoms with van der Waals surface area (Å²) in [6, 6.07) is 14.6. The molecule has 0 N–H and O–H groups in total. The minimum atomic E-state index is -0.781. The summed E-state index contributed by atoms with van der Waals surface area (Å²) >= 11 is 0. The molecule has 3 aromatic rings. The fourth-order valence-electron chi connectivity index (χ4n) is 6.30. The van der Waals surface area contributed by atoms with E-state index in [-0.39, 0.29) is 19.4 Å². The molecule has 0 bridgehead atoms. The van der Waals surface area contributed by atoms with E-state index in [4.69, 9.17) is 33.2 Å². The summed E-state index contributed by atoms with van der Waals surface area (Å²) in [7, 11) is 4.63. The molecule has 7 rings (SSSR count). The van der Waals surface area contributed by atoms with Crippen LogP contribution < -0.4 is 23.7 Å². The molecule has 0 aromatic heterocycles. The Morgan fingerprint density at radius 2 is 1.58 bits per heavy atom. The van der Waals surface area contributed by atoms with Crippen molar-refractivity contribution in [2.45, 2.75) is 24.9 Å². The highest BCUT2D eigenvalue weighted by Crippen LogP contribution is 2.56. The molecule has 2 aliphatic heterocycles. The number of rotatable bonds is 6. The van der Waals surface area contributed by atoms with E-state index in [1.165, 1.54) is 7.11 Å². The van der Waals surface area contributed by atoms with Crippen molar-refractivity contribution in [3.63, 3.8) is 0 Å². The first-order valence-corrected chi connectivity index (χ1v) is 14.2. The summed E-state index contributed by atoms with van der Waals surface area (Å²) in [4.78, 5) is 27.2. The van der Waals surface area contributed by atoms with Crippen molar-refractivity contribution in [1.29, 1.82) is 0 Å². The van der Waals surface area contributed by atoms with E-state index < -0.39 is 29.8 Å². The predicted molar refractivity (Wildman–Crippen MR) is 153 cm³/mol. The van der Waals surface area contributed by atoms with E-state index in [2.05, 4.69) is 11.8 Å². The third-order valence-corrected chi connectivity index (χ3v) is 8.53. The van der Waals surface area contributed by atoms with Crippen molar-refractivity contribution in [1.82, 2.24) is 0 Å². The molecule has 2 aliphatic carbocycles. The number of ether oxygens (including phenoxy) is 7.